The van der Waals surface area contributed by atoms with Gasteiger partial charge in [-0.2, -0.15) is 0 Å². The highest BCUT2D eigenvalue weighted by molar-refractivity contribution is 7.15. The van der Waals surface area contributed by atoms with Crippen molar-refractivity contribution >= 4 is 51.4 Å². The van der Waals surface area contributed by atoms with Crippen LogP contribution in [-0.4, -0.2) is 21.7 Å². The number of carbonyl (C=O) groups is 2. The van der Waals surface area contributed by atoms with Gasteiger partial charge in [-0.25, -0.2) is 4.98 Å². The predicted molar refractivity (Wildman–Crippen MR) is 110 cm³/mol. The summed E-state index contributed by atoms with van der Waals surface area (Å²) in [6, 6.07) is 5.31. The van der Waals surface area contributed by atoms with Crippen molar-refractivity contribution in [3.05, 3.63) is 67.4 Å². The molecule has 0 fully saturated rings. The lowest BCUT2D eigenvalue weighted by atomic mass is 10.1. The molecule has 0 spiro atoms. The molecule has 27 heavy (non-hydrogen) atoms. The van der Waals surface area contributed by atoms with Crippen LogP contribution >= 0.6 is 34.5 Å². The number of aromatic nitrogens is 2. The van der Waals surface area contributed by atoms with Crippen LogP contribution in [0, 0.1) is 13.8 Å². The van der Waals surface area contributed by atoms with E-state index in [1.54, 1.807) is 32.2 Å². The van der Waals surface area contributed by atoms with Crippen LogP contribution in [0.3, 0.4) is 0 Å². The number of nitrogens with zero attached hydrogens (tertiary/aromatic N) is 1. The van der Waals surface area contributed by atoms with E-state index >= 15 is 0 Å². The molecule has 0 bridgehead atoms. The first-order valence-corrected chi connectivity index (χ1v) is 9.73. The van der Waals surface area contributed by atoms with E-state index in [-0.39, 0.29) is 11.7 Å². The van der Waals surface area contributed by atoms with Crippen LogP contribution in [0.2, 0.25) is 10.0 Å². The molecule has 0 aliphatic heterocycles. The molecular formula is C19H17Cl2N3O2S. The maximum atomic E-state index is 12.6. The third-order valence-corrected chi connectivity index (χ3v) is 5.68. The lowest BCUT2D eigenvalue weighted by Crippen LogP contribution is -2.13. The summed E-state index contributed by atoms with van der Waals surface area (Å²) in [6.45, 7) is 5.01. The van der Waals surface area contributed by atoms with Crippen molar-refractivity contribution in [2.75, 3.05) is 5.32 Å². The second kappa shape index (κ2) is 7.84. The van der Waals surface area contributed by atoms with Gasteiger partial charge in [0.1, 0.15) is 5.69 Å². The second-order valence-electron chi connectivity index (χ2n) is 6.18. The molecule has 0 saturated carbocycles. The molecule has 0 atom stereocenters. The molecule has 0 saturated heterocycles. The summed E-state index contributed by atoms with van der Waals surface area (Å²) in [5, 5.41) is 4.50. The minimum atomic E-state index is -0.329. The standard InChI is InChI=1S/C19H17Cl2N3O2S/c1-9-16(11(3)25)10(2)23-17(9)18(26)24-19-22-8-14(27-19)7-12-6-13(20)4-5-15(12)21/h4-6,8,23H,7H2,1-3H3,(H,22,24,26). The van der Waals surface area contributed by atoms with Crippen LogP contribution in [0.4, 0.5) is 5.13 Å². The SMILES string of the molecule is CC(=O)c1c(C)[nH]c(C(=O)Nc2ncc(Cc3cc(Cl)ccc3Cl)s2)c1C. The Morgan fingerprint density at radius 1 is 1.26 bits per heavy atom. The van der Waals surface area contributed by atoms with E-state index in [0.717, 1.165) is 10.4 Å². The Labute approximate surface area is 170 Å². The van der Waals surface area contributed by atoms with Gasteiger partial charge in [-0.05, 0) is 50.1 Å². The third-order valence-electron chi connectivity index (χ3n) is 4.16. The molecule has 3 rings (SSSR count). The highest BCUT2D eigenvalue weighted by Crippen LogP contribution is 2.27. The Morgan fingerprint density at radius 3 is 2.67 bits per heavy atom. The zero-order valence-electron chi connectivity index (χ0n) is 14.9. The number of nitrogens with one attached hydrogen (secondary N) is 2. The molecule has 8 heteroatoms. The third kappa shape index (κ3) is 4.24. The van der Waals surface area contributed by atoms with Crippen LogP contribution in [0.25, 0.3) is 0 Å². The van der Waals surface area contributed by atoms with Crippen molar-refractivity contribution in [2.24, 2.45) is 0 Å². The first-order chi connectivity index (χ1) is 12.8. The molecule has 0 unspecified atom stereocenters. The molecule has 140 valence electrons. The topological polar surface area (TPSA) is 74.8 Å². The van der Waals surface area contributed by atoms with Gasteiger partial charge in [0.05, 0.1) is 0 Å². The van der Waals surface area contributed by atoms with Crippen LogP contribution in [0.1, 0.15) is 49.5 Å². The van der Waals surface area contributed by atoms with Crippen molar-refractivity contribution in [1.29, 1.82) is 0 Å². The smallest absolute Gasteiger partial charge is 0.274 e. The number of hydrogen-bond donors (Lipinski definition) is 2. The largest absolute Gasteiger partial charge is 0.354 e. The first kappa shape index (κ1) is 19.6. The molecule has 1 amide bonds. The molecular weight excluding hydrogens is 405 g/mol. The van der Waals surface area contributed by atoms with E-state index in [2.05, 4.69) is 15.3 Å². The summed E-state index contributed by atoms with van der Waals surface area (Å²) >= 11 is 13.6. The monoisotopic (exact) mass is 421 g/mol. The van der Waals surface area contributed by atoms with Crippen LogP contribution in [0.5, 0.6) is 0 Å². The number of benzene rings is 1. The van der Waals surface area contributed by atoms with Gasteiger partial charge in [-0.3, -0.25) is 14.9 Å². The molecule has 0 radical (unpaired) electrons. The van der Waals surface area contributed by atoms with Crippen molar-refractivity contribution in [2.45, 2.75) is 27.2 Å². The predicted octanol–water partition coefficient (Wildman–Crippen LogP) is 5.44. The molecule has 1 aromatic carbocycles. The number of thiazole rings is 1. The zero-order chi connectivity index (χ0) is 19.7. The van der Waals surface area contributed by atoms with Crippen LogP contribution in [-0.2, 0) is 6.42 Å². The van der Waals surface area contributed by atoms with Gasteiger partial charge in [0, 0.05) is 38.8 Å². The summed E-state index contributed by atoms with van der Waals surface area (Å²) < 4.78 is 0. The van der Waals surface area contributed by atoms with E-state index in [4.69, 9.17) is 23.2 Å². The maximum absolute atomic E-state index is 12.6. The number of anilines is 1. The Bertz CT molecular complexity index is 1040. The molecule has 2 heterocycles. The van der Waals surface area contributed by atoms with Gasteiger partial charge in [-0.15, -0.1) is 11.3 Å². The van der Waals surface area contributed by atoms with Crippen molar-refractivity contribution in [3.8, 4) is 0 Å². The Kier molecular flexibility index (Phi) is 5.69. The molecule has 2 aromatic heterocycles. The summed E-state index contributed by atoms with van der Waals surface area (Å²) in [6.07, 6.45) is 2.27. The number of aromatic amines is 1. The lowest BCUT2D eigenvalue weighted by Gasteiger charge is -2.03. The van der Waals surface area contributed by atoms with Crippen molar-refractivity contribution < 1.29 is 9.59 Å². The molecule has 3 aromatic rings. The van der Waals surface area contributed by atoms with E-state index in [0.29, 0.717) is 44.1 Å². The lowest BCUT2D eigenvalue weighted by molar-refractivity contribution is 0.101. The summed E-state index contributed by atoms with van der Waals surface area (Å²) in [5.41, 5.74) is 3.14. The number of ketones is 1. The first-order valence-electron chi connectivity index (χ1n) is 8.16. The maximum Gasteiger partial charge on any atom is 0.274 e. The van der Waals surface area contributed by atoms with Gasteiger partial charge in [0.15, 0.2) is 10.9 Å². The zero-order valence-corrected chi connectivity index (χ0v) is 17.3. The van der Waals surface area contributed by atoms with Crippen molar-refractivity contribution in [1.82, 2.24) is 9.97 Å². The minimum absolute atomic E-state index is 0.0739. The highest BCUT2D eigenvalue weighted by Gasteiger charge is 2.20. The summed E-state index contributed by atoms with van der Waals surface area (Å²) in [4.78, 5) is 32.5. The number of H-pyrrole nitrogens is 1. The van der Waals surface area contributed by atoms with Gasteiger partial charge in [0.25, 0.3) is 5.91 Å². The van der Waals surface area contributed by atoms with Crippen LogP contribution in [0.15, 0.2) is 24.4 Å². The minimum Gasteiger partial charge on any atom is -0.354 e. The Hall–Kier alpha value is -2.15. The Morgan fingerprint density at radius 2 is 2.00 bits per heavy atom. The number of halogens is 2. The van der Waals surface area contributed by atoms with Gasteiger partial charge in [-0.1, -0.05) is 23.2 Å². The number of amides is 1. The number of Topliss-reactive ketones (excluding diaryl/α,β-unsaturated/α-hetero) is 1. The second-order valence-corrected chi connectivity index (χ2v) is 8.14. The van der Waals surface area contributed by atoms with E-state index in [9.17, 15) is 9.59 Å². The Balaban J connectivity index is 1.76. The summed E-state index contributed by atoms with van der Waals surface area (Å²) in [5.74, 6) is -0.403. The van der Waals surface area contributed by atoms with Crippen molar-refractivity contribution in [3.63, 3.8) is 0 Å². The number of rotatable bonds is 5. The van der Waals surface area contributed by atoms with E-state index < -0.39 is 0 Å². The molecule has 0 aliphatic rings. The van der Waals surface area contributed by atoms with Crippen LogP contribution < -0.4 is 5.32 Å². The highest BCUT2D eigenvalue weighted by atomic mass is 35.5. The van der Waals surface area contributed by atoms with E-state index in [1.807, 2.05) is 6.07 Å². The normalized spacial score (nSPS) is 10.9. The number of carbonyl (C=O) groups excluding carboxylic acids is 2. The molecule has 2 N–H and O–H groups in total. The van der Waals surface area contributed by atoms with Gasteiger partial charge >= 0.3 is 0 Å². The average molecular weight is 422 g/mol. The quantitative estimate of drug-likeness (QED) is 0.538. The molecule has 0 aliphatic carbocycles. The number of hydrogen-bond acceptors (Lipinski definition) is 4. The van der Waals surface area contributed by atoms with Gasteiger partial charge < -0.3 is 4.98 Å². The van der Waals surface area contributed by atoms with E-state index in [1.165, 1.54) is 18.3 Å². The number of aryl methyl sites for hydroxylation is 1. The average Bonchev–Trinajstić information content (AvgIpc) is 3.14. The fraction of sp³-hybridized carbons (Fsp3) is 0.211. The summed E-state index contributed by atoms with van der Waals surface area (Å²) in [7, 11) is 0. The van der Waals surface area contributed by atoms with Gasteiger partial charge in [0.2, 0.25) is 0 Å². The molecule has 5 nitrogen and oxygen atoms in total. The fourth-order valence-corrected chi connectivity index (χ4v) is 4.19. The fourth-order valence-electron chi connectivity index (χ4n) is 2.98.